The number of nitrogens with zero attached hydrogens (tertiary/aromatic N) is 1. The molecule has 0 radical (unpaired) electrons. The zero-order valence-electron chi connectivity index (χ0n) is 11.9. The molecule has 1 heterocycles. The van der Waals surface area contributed by atoms with Gasteiger partial charge in [0.05, 0.1) is 0 Å². The summed E-state index contributed by atoms with van der Waals surface area (Å²) < 4.78 is 0. The molecule has 3 heteroatoms. The van der Waals surface area contributed by atoms with Gasteiger partial charge in [0.15, 0.2) is 0 Å². The summed E-state index contributed by atoms with van der Waals surface area (Å²) in [4.78, 5) is 2.43. The molecule has 2 fully saturated rings. The van der Waals surface area contributed by atoms with Gasteiger partial charge in [-0.05, 0) is 45.1 Å². The third kappa shape index (κ3) is 2.83. The Hall–Kier alpha value is -0.120. The van der Waals surface area contributed by atoms with Gasteiger partial charge in [0.25, 0.3) is 0 Å². The smallest absolute Gasteiger partial charge is 0.0449 e. The van der Waals surface area contributed by atoms with E-state index in [-0.39, 0.29) is 5.54 Å². The molecule has 2 aliphatic rings. The molecule has 0 spiro atoms. The van der Waals surface area contributed by atoms with E-state index >= 15 is 0 Å². The molecule has 0 amide bonds. The first-order chi connectivity index (χ1) is 7.86. The Morgan fingerprint density at radius 2 is 2.06 bits per heavy atom. The van der Waals surface area contributed by atoms with E-state index in [1.165, 1.54) is 25.7 Å². The lowest BCUT2D eigenvalue weighted by atomic mass is 9.90. The number of nitrogens with two attached hydrogens (primary N) is 1. The molecular formula is C14H29N3. The molecule has 1 aliphatic carbocycles. The number of rotatable bonds is 3. The van der Waals surface area contributed by atoms with Crippen LogP contribution in [0, 0.1) is 5.41 Å². The molecule has 3 atom stereocenters. The average Bonchev–Trinajstić information content (AvgIpc) is 2.70. The third-order valence-corrected chi connectivity index (χ3v) is 4.86. The lowest BCUT2D eigenvalue weighted by Gasteiger charge is -2.33. The van der Waals surface area contributed by atoms with Crippen molar-refractivity contribution in [2.24, 2.45) is 11.1 Å². The topological polar surface area (TPSA) is 41.3 Å². The summed E-state index contributed by atoms with van der Waals surface area (Å²) in [6, 6.07) is 1.33. The summed E-state index contributed by atoms with van der Waals surface area (Å²) in [5, 5.41) is 3.89. The Bertz CT molecular complexity index is 265. The predicted octanol–water partition coefficient (Wildman–Crippen LogP) is 1.58. The fraction of sp³-hybridized carbons (Fsp3) is 1.00. The molecule has 1 saturated carbocycles. The van der Waals surface area contributed by atoms with Crippen molar-refractivity contribution in [3.8, 4) is 0 Å². The van der Waals surface area contributed by atoms with Crippen LogP contribution in [0.2, 0.25) is 0 Å². The molecular weight excluding hydrogens is 210 g/mol. The molecule has 17 heavy (non-hydrogen) atoms. The first-order valence-corrected chi connectivity index (χ1v) is 7.04. The Balaban J connectivity index is 1.97. The Kier molecular flexibility index (Phi) is 3.54. The van der Waals surface area contributed by atoms with Crippen LogP contribution in [0.4, 0.5) is 0 Å². The van der Waals surface area contributed by atoms with E-state index in [1.54, 1.807) is 0 Å². The molecule has 3 N–H and O–H groups in total. The van der Waals surface area contributed by atoms with Gasteiger partial charge in [0.2, 0.25) is 0 Å². The summed E-state index contributed by atoms with van der Waals surface area (Å²) in [6.45, 7) is 8.93. The fourth-order valence-electron chi connectivity index (χ4n) is 3.72. The van der Waals surface area contributed by atoms with Gasteiger partial charge in [0.1, 0.15) is 0 Å². The van der Waals surface area contributed by atoms with Crippen LogP contribution in [0.15, 0.2) is 0 Å². The van der Waals surface area contributed by atoms with Crippen LogP contribution in [0.25, 0.3) is 0 Å². The lowest BCUT2D eigenvalue weighted by molar-refractivity contribution is 0.269. The summed E-state index contributed by atoms with van der Waals surface area (Å²) >= 11 is 0. The van der Waals surface area contributed by atoms with Gasteiger partial charge in [-0.3, -0.25) is 0 Å². The molecule has 0 aromatic carbocycles. The monoisotopic (exact) mass is 239 g/mol. The molecule has 3 nitrogen and oxygen atoms in total. The molecule has 3 unspecified atom stereocenters. The van der Waals surface area contributed by atoms with Gasteiger partial charge in [-0.25, -0.2) is 0 Å². The van der Waals surface area contributed by atoms with Crippen LogP contribution in [0.1, 0.15) is 46.5 Å². The maximum atomic E-state index is 6.05. The maximum Gasteiger partial charge on any atom is 0.0449 e. The molecule has 1 aliphatic heterocycles. The summed E-state index contributed by atoms with van der Waals surface area (Å²) in [5.41, 5.74) is 6.73. The van der Waals surface area contributed by atoms with Crippen LogP contribution in [0.5, 0.6) is 0 Å². The Morgan fingerprint density at radius 3 is 2.47 bits per heavy atom. The van der Waals surface area contributed by atoms with Gasteiger partial charge in [-0.1, -0.05) is 13.8 Å². The van der Waals surface area contributed by atoms with Crippen molar-refractivity contribution in [2.75, 3.05) is 20.1 Å². The zero-order chi connectivity index (χ0) is 12.7. The summed E-state index contributed by atoms with van der Waals surface area (Å²) in [5.74, 6) is 0. The summed E-state index contributed by atoms with van der Waals surface area (Å²) in [7, 11) is 2.21. The average molecular weight is 239 g/mol. The highest BCUT2D eigenvalue weighted by Gasteiger charge is 2.42. The lowest BCUT2D eigenvalue weighted by Crippen LogP contribution is -2.56. The minimum atomic E-state index is 0.166. The molecule has 0 bridgehead atoms. The summed E-state index contributed by atoms with van der Waals surface area (Å²) in [6.07, 6.45) is 5.15. The van der Waals surface area contributed by atoms with Gasteiger partial charge in [-0.15, -0.1) is 0 Å². The van der Waals surface area contributed by atoms with E-state index in [9.17, 15) is 0 Å². The molecule has 2 rings (SSSR count). The number of likely N-dealkylation sites (N-methyl/N-ethyl adjacent to an activating group) is 1. The first kappa shape index (κ1) is 13.3. The van der Waals surface area contributed by atoms with Crippen LogP contribution >= 0.6 is 0 Å². The van der Waals surface area contributed by atoms with Crippen LogP contribution in [0.3, 0.4) is 0 Å². The minimum Gasteiger partial charge on any atom is -0.329 e. The van der Waals surface area contributed by atoms with Crippen LogP contribution in [-0.2, 0) is 0 Å². The number of hydrogen-bond donors (Lipinski definition) is 2. The van der Waals surface area contributed by atoms with E-state index in [0.29, 0.717) is 17.5 Å². The van der Waals surface area contributed by atoms with E-state index in [0.717, 1.165) is 13.1 Å². The fourth-order valence-corrected chi connectivity index (χ4v) is 3.72. The second-order valence-corrected chi connectivity index (χ2v) is 7.20. The largest absolute Gasteiger partial charge is 0.329 e. The van der Waals surface area contributed by atoms with E-state index in [2.05, 4.69) is 38.0 Å². The molecule has 0 aromatic heterocycles. The first-order valence-electron chi connectivity index (χ1n) is 7.04. The van der Waals surface area contributed by atoms with Crippen molar-refractivity contribution in [2.45, 2.75) is 64.1 Å². The Labute approximate surface area is 106 Å². The van der Waals surface area contributed by atoms with Gasteiger partial charge in [-0.2, -0.15) is 0 Å². The third-order valence-electron chi connectivity index (χ3n) is 4.86. The van der Waals surface area contributed by atoms with Crippen molar-refractivity contribution in [3.63, 3.8) is 0 Å². The van der Waals surface area contributed by atoms with E-state index in [4.69, 9.17) is 5.73 Å². The highest BCUT2D eigenvalue weighted by molar-refractivity contribution is 5.03. The predicted molar refractivity (Wildman–Crippen MR) is 73.1 cm³/mol. The van der Waals surface area contributed by atoms with E-state index in [1.807, 2.05) is 0 Å². The van der Waals surface area contributed by atoms with Crippen molar-refractivity contribution in [1.82, 2.24) is 10.2 Å². The quantitative estimate of drug-likeness (QED) is 0.785. The molecule has 1 saturated heterocycles. The standard InChI is InChI=1S/C14H29N3/c1-11-7-14(9-15,10-17(11)4)16-12-5-6-13(2,3)8-12/h11-12,16H,5-10,15H2,1-4H3. The second kappa shape index (κ2) is 4.52. The number of hydrogen-bond acceptors (Lipinski definition) is 3. The molecule has 0 aromatic rings. The molecule has 100 valence electrons. The van der Waals surface area contributed by atoms with Crippen LogP contribution in [-0.4, -0.2) is 42.7 Å². The van der Waals surface area contributed by atoms with Gasteiger partial charge >= 0.3 is 0 Å². The SMILES string of the molecule is CC1CC(CN)(NC2CCC(C)(C)C2)CN1C. The van der Waals surface area contributed by atoms with E-state index < -0.39 is 0 Å². The Morgan fingerprint density at radius 1 is 1.35 bits per heavy atom. The zero-order valence-corrected chi connectivity index (χ0v) is 11.9. The van der Waals surface area contributed by atoms with Gasteiger partial charge in [0, 0.05) is 30.7 Å². The van der Waals surface area contributed by atoms with Crippen LogP contribution < -0.4 is 11.1 Å². The highest BCUT2D eigenvalue weighted by Crippen LogP contribution is 2.38. The van der Waals surface area contributed by atoms with Crippen molar-refractivity contribution in [1.29, 1.82) is 0 Å². The minimum absolute atomic E-state index is 0.166. The number of nitrogens with one attached hydrogen (secondary N) is 1. The van der Waals surface area contributed by atoms with Crippen molar-refractivity contribution >= 4 is 0 Å². The second-order valence-electron chi connectivity index (χ2n) is 7.20. The highest BCUT2D eigenvalue weighted by atomic mass is 15.2. The number of likely N-dealkylation sites (tertiary alicyclic amines) is 1. The van der Waals surface area contributed by atoms with Crippen molar-refractivity contribution in [3.05, 3.63) is 0 Å². The maximum absolute atomic E-state index is 6.05. The van der Waals surface area contributed by atoms with Gasteiger partial charge < -0.3 is 16.0 Å². The van der Waals surface area contributed by atoms with Crippen molar-refractivity contribution < 1.29 is 0 Å². The normalized spacial score (nSPS) is 42.2.